The van der Waals surface area contributed by atoms with Crippen molar-refractivity contribution < 1.29 is 13.6 Å². The molecule has 3 aromatic rings. The first-order chi connectivity index (χ1) is 14.1. The maximum absolute atomic E-state index is 13.3. The molecule has 1 aromatic heterocycles. The van der Waals surface area contributed by atoms with Crippen molar-refractivity contribution in [1.82, 2.24) is 9.97 Å². The number of anilines is 2. The van der Waals surface area contributed by atoms with E-state index in [1.54, 1.807) is 36.5 Å². The highest BCUT2D eigenvalue weighted by atomic mass is 19.1. The van der Waals surface area contributed by atoms with Crippen molar-refractivity contribution in [2.45, 2.75) is 12.8 Å². The summed E-state index contributed by atoms with van der Waals surface area (Å²) in [5.41, 5.74) is 1.18. The molecular weight excluding hydrogens is 374 g/mol. The van der Waals surface area contributed by atoms with Gasteiger partial charge in [-0.2, -0.15) is 0 Å². The number of nitrogens with zero attached hydrogens (tertiary/aromatic N) is 3. The van der Waals surface area contributed by atoms with Crippen molar-refractivity contribution in [3.05, 3.63) is 72.4 Å². The minimum Gasteiger partial charge on any atom is -0.356 e. The Kier molecular flexibility index (Phi) is 5.46. The molecule has 29 heavy (non-hydrogen) atoms. The van der Waals surface area contributed by atoms with Gasteiger partial charge in [0.2, 0.25) is 5.91 Å². The summed E-state index contributed by atoms with van der Waals surface area (Å²) in [7, 11) is 0. The maximum Gasteiger partial charge on any atom is 0.229 e. The van der Waals surface area contributed by atoms with Crippen molar-refractivity contribution in [3.8, 4) is 11.4 Å². The summed E-state index contributed by atoms with van der Waals surface area (Å²) in [5, 5.41) is 2.79. The lowest BCUT2D eigenvalue weighted by Crippen LogP contribution is -2.41. The van der Waals surface area contributed by atoms with Crippen LogP contribution in [0.4, 0.5) is 20.3 Å². The molecule has 1 N–H and O–H groups in total. The fourth-order valence-corrected chi connectivity index (χ4v) is 3.47. The van der Waals surface area contributed by atoms with Gasteiger partial charge < -0.3 is 10.2 Å². The third kappa shape index (κ3) is 4.56. The number of carbonyl (C=O) groups excluding carboxylic acids is 1. The van der Waals surface area contributed by atoms with Gasteiger partial charge in [0.05, 0.1) is 5.92 Å². The minimum atomic E-state index is -0.387. The van der Waals surface area contributed by atoms with Crippen LogP contribution in [-0.2, 0) is 4.79 Å². The highest BCUT2D eigenvalue weighted by Gasteiger charge is 2.27. The molecule has 0 radical (unpaired) electrons. The Labute approximate surface area is 167 Å². The van der Waals surface area contributed by atoms with Crippen LogP contribution < -0.4 is 10.2 Å². The van der Waals surface area contributed by atoms with Gasteiger partial charge in [-0.25, -0.2) is 18.7 Å². The second-order valence-electron chi connectivity index (χ2n) is 7.03. The highest BCUT2D eigenvalue weighted by Crippen LogP contribution is 2.25. The standard InChI is InChI=1S/C22H20F2N4O/c23-17-8-6-15(7-9-17)21-25-11-10-20(27-21)28-12-2-3-16(14-28)22(29)26-19-5-1-4-18(24)13-19/h1,4-11,13,16H,2-3,12,14H2,(H,26,29)/t16-/m1/s1. The third-order valence-corrected chi connectivity index (χ3v) is 4.95. The first-order valence-corrected chi connectivity index (χ1v) is 9.49. The third-order valence-electron chi connectivity index (χ3n) is 4.95. The second-order valence-corrected chi connectivity index (χ2v) is 7.03. The summed E-state index contributed by atoms with van der Waals surface area (Å²) >= 11 is 0. The molecule has 0 spiro atoms. The minimum absolute atomic E-state index is 0.131. The molecule has 0 bridgehead atoms. The SMILES string of the molecule is O=C(Nc1cccc(F)c1)[C@@H]1CCCN(c2ccnc(-c3ccc(F)cc3)n2)C1. The molecule has 2 heterocycles. The largest absolute Gasteiger partial charge is 0.356 e. The second kappa shape index (κ2) is 8.34. The number of benzene rings is 2. The van der Waals surface area contributed by atoms with E-state index in [0.717, 1.165) is 30.8 Å². The van der Waals surface area contributed by atoms with E-state index >= 15 is 0 Å². The van der Waals surface area contributed by atoms with Gasteiger partial charge >= 0.3 is 0 Å². The van der Waals surface area contributed by atoms with Crippen molar-refractivity contribution in [2.24, 2.45) is 5.92 Å². The van der Waals surface area contributed by atoms with E-state index in [-0.39, 0.29) is 23.5 Å². The van der Waals surface area contributed by atoms with Gasteiger partial charge in [0, 0.05) is 30.5 Å². The van der Waals surface area contributed by atoms with Gasteiger partial charge in [-0.15, -0.1) is 0 Å². The Hall–Kier alpha value is -3.35. The molecule has 1 aliphatic heterocycles. The lowest BCUT2D eigenvalue weighted by molar-refractivity contribution is -0.120. The van der Waals surface area contributed by atoms with Crippen molar-refractivity contribution in [1.29, 1.82) is 0 Å². The summed E-state index contributed by atoms with van der Waals surface area (Å²) < 4.78 is 26.5. The van der Waals surface area contributed by atoms with Gasteiger partial charge in [-0.3, -0.25) is 4.79 Å². The molecule has 1 amide bonds. The van der Waals surface area contributed by atoms with Gasteiger partial charge in [0.25, 0.3) is 0 Å². The zero-order valence-electron chi connectivity index (χ0n) is 15.7. The Balaban J connectivity index is 1.47. The molecule has 1 saturated heterocycles. The molecule has 148 valence electrons. The van der Waals surface area contributed by atoms with Crippen LogP contribution in [0.2, 0.25) is 0 Å². The predicted molar refractivity (Wildman–Crippen MR) is 107 cm³/mol. The van der Waals surface area contributed by atoms with Crippen molar-refractivity contribution in [2.75, 3.05) is 23.3 Å². The van der Waals surface area contributed by atoms with E-state index in [1.807, 2.05) is 4.90 Å². The number of halogens is 2. The van der Waals surface area contributed by atoms with Crippen LogP contribution in [0, 0.1) is 17.6 Å². The average Bonchev–Trinajstić information content (AvgIpc) is 2.74. The van der Waals surface area contributed by atoms with Crippen LogP contribution in [0.15, 0.2) is 60.8 Å². The molecular formula is C22H20F2N4O. The van der Waals surface area contributed by atoms with Gasteiger partial charge in [-0.05, 0) is 61.4 Å². The van der Waals surface area contributed by atoms with Crippen LogP contribution >= 0.6 is 0 Å². The van der Waals surface area contributed by atoms with Crippen LogP contribution in [0.5, 0.6) is 0 Å². The van der Waals surface area contributed by atoms with Crippen LogP contribution in [0.3, 0.4) is 0 Å². The fraction of sp³-hybridized carbons (Fsp3) is 0.227. The van der Waals surface area contributed by atoms with Crippen molar-refractivity contribution >= 4 is 17.4 Å². The zero-order valence-corrected chi connectivity index (χ0v) is 15.7. The van der Waals surface area contributed by atoms with Crippen LogP contribution in [0.1, 0.15) is 12.8 Å². The summed E-state index contributed by atoms with van der Waals surface area (Å²) in [4.78, 5) is 23.6. The summed E-state index contributed by atoms with van der Waals surface area (Å²) in [6, 6.07) is 13.7. The van der Waals surface area contributed by atoms with E-state index in [0.29, 0.717) is 18.1 Å². The topological polar surface area (TPSA) is 58.1 Å². The van der Waals surface area contributed by atoms with Crippen LogP contribution in [-0.4, -0.2) is 29.0 Å². The molecule has 4 rings (SSSR count). The monoisotopic (exact) mass is 394 g/mol. The predicted octanol–water partition coefficient (Wildman–Crippen LogP) is 4.28. The number of nitrogens with one attached hydrogen (secondary N) is 1. The van der Waals surface area contributed by atoms with Gasteiger partial charge in [0.1, 0.15) is 17.5 Å². The normalized spacial score (nSPS) is 16.5. The molecule has 0 saturated carbocycles. The molecule has 0 aliphatic carbocycles. The number of amides is 1. The number of aromatic nitrogens is 2. The van der Waals surface area contributed by atoms with E-state index in [2.05, 4.69) is 15.3 Å². The van der Waals surface area contributed by atoms with E-state index in [9.17, 15) is 13.6 Å². The summed E-state index contributed by atoms with van der Waals surface area (Å²) in [5.74, 6) is 0.177. The molecule has 2 aromatic carbocycles. The smallest absolute Gasteiger partial charge is 0.229 e. The first kappa shape index (κ1) is 19.0. The number of piperidine rings is 1. The highest BCUT2D eigenvalue weighted by molar-refractivity contribution is 5.93. The van der Waals surface area contributed by atoms with E-state index in [4.69, 9.17) is 0 Å². The Morgan fingerprint density at radius 3 is 2.69 bits per heavy atom. The van der Waals surface area contributed by atoms with E-state index in [1.165, 1.54) is 24.3 Å². The average molecular weight is 394 g/mol. The number of rotatable bonds is 4. The number of carbonyl (C=O) groups is 1. The molecule has 7 heteroatoms. The molecule has 1 fully saturated rings. The van der Waals surface area contributed by atoms with Crippen LogP contribution in [0.25, 0.3) is 11.4 Å². The number of hydrogen-bond donors (Lipinski definition) is 1. The van der Waals surface area contributed by atoms with Gasteiger partial charge in [-0.1, -0.05) is 6.07 Å². The first-order valence-electron chi connectivity index (χ1n) is 9.49. The lowest BCUT2D eigenvalue weighted by Gasteiger charge is -2.33. The van der Waals surface area contributed by atoms with E-state index < -0.39 is 0 Å². The quantitative estimate of drug-likeness (QED) is 0.718. The summed E-state index contributed by atoms with van der Waals surface area (Å²) in [6.45, 7) is 1.30. The molecule has 0 unspecified atom stereocenters. The zero-order chi connectivity index (χ0) is 20.2. The van der Waals surface area contributed by atoms with Gasteiger partial charge in [0.15, 0.2) is 5.82 Å². The maximum atomic E-state index is 13.3. The van der Waals surface area contributed by atoms with Crippen molar-refractivity contribution in [3.63, 3.8) is 0 Å². The fourth-order valence-electron chi connectivity index (χ4n) is 3.47. The Morgan fingerprint density at radius 1 is 1.07 bits per heavy atom. The Morgan fingerprint density at radius 2 is 1.90 bits per heavy atom. The lowest BCUT2D eigenvalue weighted by atomic mass is 9.97. The molecule has 1 atom stereocenters. The summed E-state index contributed by atoms with van der Waals surface area (Å²) in [6.07, 6.45) is 3.27. The number of hydrogen-bond acceptors (Lipinski definition) is 4. The Bertz CT molecular complexity index is 1010. The molecule has 5 nitrogen and oxygen atoms in total. The molecule has 1 aliphatic rings.